The summed E-state index contributed by atoms with van der Waals surface area (Å²) < 4.78 is 34.3. The molecule has 180 valence electrons. The first-order chi connectivity index (χ1) is 15.3. The highest BCUT2D eigenvalue weighted by Crippen LogP contribution is 2.36. The summed E-state index contributed by atoms with van der Waals surface area (Å²) in [4.78, 5) is 12.0. The average Bonchev–Trinajstić information content (AvgIpc) is 3.16. The summed E-state index contributed by atoms with van der Waals surface area (Å²) in [6.45, 7) is 8.74. The molecule has 1 aliphatic carbocycles. The highest BCUT2D eigenvalue weighted by molar-refractivity contribution is 7.89. The Labute approximate surface area is 198 Å². The maximum absolute atomic E-state index is 13.3. The maximum Gasteiger partial charge on any atom is 0.411 e. The van der Waals surface area contributed by atoms with Crippen LogP contribution in [-0.4, -0.2) is 42.4 Å². The summed E-state index contributed by atoms with van der Waals surface area (Å²) in [5.74, 6) is 0. The van der Waals surface area contributed by atoms with Gasteiger partial charge in [0.2, 0.25) is 10.0 Å². The monoisotopic (exact) mass is 493 g/mol. The number of ether oxygens (including phenoxy) is 1. The normalized spacial score (nSPS) is 17.1. The molecule has 0 aliphatic heterocycles. The Morgan fingerprint density at radius 1 is 1.24 bits per heavy atom. The van der Waals surface area contributed by atoms with Crippen molar-refractivity contribution in [1.29, 1.82) is 0 Å². The first-order valence-corrected chi connectivity index (χ1v) is 13.1. The van der Waals surface area contributed by atoms with Crippen molar-refractivity contribution in [2.45, 2.75) is 76.5 Å². The van der Waals surface area contributed by atoms with Gasteiger partial charge in [-0.15, -0.1) is 10.2 Å². The lowest BCUT2D eigenvalue weighted by molar-refractivity contribution is 0.130. The van der Waals surface area contributed by atoms with Crippen LogP contribution in [0.1, 0.15) is 58.9 Å². The van der Waals surface area contributed by atoms with Crippen molar-refractivity contribution in [2.75, 3.05) is 5.32 Å². The van der Waals surface area contributed by atoms with E-state index < -0.39 is 21.7 Å². The quantitative estimate of drug-likeness (QED) is 0.550. The van der Waals surface area contributed by atoms with Gasteiger partial charge >= 0.3 is 6.09 Å². The molecular weight excluding hydrogens is 462 g/mol. The lowest BCUT2D eigenvalue weighted by atomic mass is 9.96. The maximum atomic E-state index is 13.3. The van der Waals surface area contributed by atoms with Crippen molar-refractivity contribution < 1.29 is 17.9 Å². The van der Waals surface area contributed by atoms with Gasteiger partial charge in [0, 0.05) is 22.8 Å². The van der Waals surface area contributed by atoms with Crippen LogP contribution in [0.5, 0.6) is 0 Å². The summed E-state index contributed by atoms with van der Waals surface area (Å²) in [7, 11) is -3.94. The second-order valence-corrected chi connectivity index (χ2v) is 12.0. The molecule has 0 saturated heterocycles. The third-order valence-corrected chi connectivity index (χ3v) is 7.51. The Morgan fingerprint density at radius 3 is 2.55 bits per heavy atom. The first-order valence-electron chi connectivity index (χ1n) is 10.8. The van der Waals surface area contributed by atoms with Crippen LogP contribution in [0.3, 0.4) is 0 Å². The molecule has 1 amide bonds. The second-order valence-electron chi connectivity index (χ2n) is 9.32. The molecule has 2 aromatic rings. The Morgan fingerprint density at radius 2 is 1.94 bits per heavy atom. The first kappa shape index (κ1) is 25.3. The van der Waals surface area contributed by atoms with Gasteiger partial charge in [0.25, 0.3) is 0 Å². The second kappa shape index (κ2) is 9.88. The number of carbonyl (C=O) groups is 1. The number of aromatic nitrogens is 2. The molecule has 1 unspecified atom stereocenters. The minimum absolute atomic E-state index is 0.00196. The van der Waals surface area contributed by atoms with Gasteiger partial charge in [-0.25, -0.2) is 17.9 Å². The van der Waals surface area contributed by atoms with Gasteiger partial charge in [0.15, 0.2) is 0 Å². The van der Waals surface area contributed by atoms with Gasteiger partial charge < -0.3 is 10.5 Å². The zero-order chi connectivity index (χ0) is 24.4. The van der Waals surface area contributed by atoms with Crippen molar-refractivity contribution in [3.63, 3.8) is 0 Å². The number of nitrogens with one attached hydrogen (secondary N) is 2. The van der Waals surface area contributed by atoms with E-state index in [2.05, 4.69) is 26.3 Å². The van der Waals surface area contributed by atoms with Crippen LogP contribution in [0.2, 0.25) is 0 Å². The average molecular weight is 494 g/mol. The molecule has 0 radical (unpaired) electrons. The molecule has 11 heteroatoms. The van der Waals surface area contributed by atoms with Gasteiger partial charge in [-0.3, -0.25) is 5.32 Å². The van der Waals surface area contributed by atoms with E-state index in [1.807, 2.05) is 0 Å². The summed E-state index contributed by atoms with van der Waals surface area (Å²) in [6, 6.07) is 4.80. The van der Waals surface area contributed by atoms with Crippen LogP contribution in [0.25, 0.3) is 16.1 Å². The number of benzene rings is 1. The Balaban J connectivity index is 2.01. The standard InChI is InChI=1S/C22H31N5O4S2/c1-13(2)31-21(28)24-16-10-11-17(18(12-16)33(29,30)27-22(3,4)5)20-26-25-19(32-20)14-6-8-15(23)9-7-14/h6,10-13,15,27H,7-9,23H2,1-5H3,(H,24,28). The number of anilines is 1. The van der Waals surface area contributed by atoms with Crippen LogP contribution in [0.15, 0.2) is 29.2 Å². The largest absolute Gasteiger partial charge is 0.447 e. The zero-order valence-corrected chi connectivity index (χ0v) is 21.1. The number of carbonyl (C=O) groups excluding carboxylic acids is 1. The number of hydrogen-bond acceptors (Lipinski definition) is 8. The molecule has 0 bridgehead atoms. The van der Waals surface area contributed by atoms with Gasteiger partial charge in [-0.05, 0) is 77.7 Å². The number of amides is 1. The topological polar surface area (TPSA) is 136 Å². The molecule has 33 heavy (non-hydrogen) atoms. The van der Waals surface area contributed by atoms with E-state index >= 15 is 0 Å². The Hall–Kier alpha value is -2.34. The summed E-state index contributed by atoms with van der Waals surface area (Å²) >= 11 is 1.33. The van der Waals surface area contributed by atoms with Gasteiger partial charge in [-0.1, -0.05) is 17.4 Å². The van der Waals surface area contributed by atoms with Crippen molar-refractivity contribution in [3.05, 3.63) is 29.3 Å². The van der Waals surface area contributed by atoms with Gasteiger partial charge in [-0.2, -0.15) is 0 Å². The molecule has 1 heterocycles. The minimum atomic E-state index is -3.94. The van der Waals surface area contributed by atoms with Crippen molar-refractivity contribution >= 4 is 38.7 Å². The van der Waals surface area contributed by atoms with Crippen molar-refractivity contribution in [2.24, 2.45) is 5.73 Å². The molecule has 3 rings (SSSR count). The summed E-state index contributed by atoms with van der Waals surface area (Å²) in [6.07, 6.45) is 3.58. The predicted octanol–water partition coefficient (Wildman–Crippen LogP) is 4.13. The highest BCUT2D eigenvalue weighted by atomic mass is 32.2. The fourth-order valence-corrected chi connectivity index (χ4v) is 6.00. The Kier molecular flexibility index (Phi) is 7.57. The Bertz CT molecular complexity index is 1150. The molecule has 9 nitrogen and oxygen atoms in total. The van der Waals surface area contributed by atoms with Crippen molar-refractivity contribution in [3.8, 4) is 10.6 Å². The number of nitrogens with two attached hydrogens (primary N) is 1. The zero-order valence-electron chi connectivity index (χ0n) is 19.5. The molecule has 1 aliphatic rings. The summed E-state index contributed by atoms with van der Waals surface area (Å²) in [5, 5.41) is 12.4. The molecular formula is C22H31N5O4S2. The fourth-order valence-electron chi connectivity index (χ4n) is 3.33. The van der Waals surface area contributed by atoms with E-state index in [1.54, 1.807) is 46.8 Å². The van der Waals surface area contributed by atoms with E-state index in [0.29, 0.717) is 16.3 Å². The summed E-state index contributed by atoms with van der Waals surface area (Å²) in [5.41, 5.74) is 7.06. The number of rotatable bonds is 6. The number of nitrogens with zero attached hydrogens (tertiary/aromatic N) is 2. The number of hydrogen-bond donors (Lipinski definition) is 3. The van der Waals surface area contributed by atoms with Crippen LogP contribution < -0.4 is 15.8 Å². The number of sulfonamides is 1. The van der Waals surface area contributed by atoms with E-state index in [4.69, 9.17) is 10.5 Å². The predicted molar refractivity (Wildman–Crippen MR) is 130 cm³/mol. The van der Waals surface area contributed by atoms with E-state index in [1.165, 1.54) is 17.4 Å². The van der Waals surface area contributed by atoms with Gasteiger partial charge in [0.1, 0.15) is 10.0 Å². The molecule has 4 N–H and O–H groups in total. The smallest absolute Gasteiger partial charge is 0.411 e. The molecule has 1 aromatic carbocycles. The van der Waals surface area contributed by atoms with Crippen LogP contribution in [-0.2, 0) is 14.8 Å². The van der Waals surface area contributed by atoms with Crippen LogP contribution in [0, 0.1) is 0 Å². The molecule has 0 saturated carbocycles. The van der Waals surface area contributed by atoms with Crippen molar-refractivity contribution in [1.82, 2.24) is 14.9 Å². The van der Waals surface area contributed by atoms with Crippen LogP contribution >= 0.6 is 11.3 Å². The van der Waals surface area contributed by atoms with E-state index in [-0.39, 0.29) is 17.0 Å². The van der Waals surface area contributed by atoms with Gasteiger partial charge in [0.05, 0.1) is 11.0 Å². The minimum Gasteiger partial charge on any atom is -0.447 e. The molecule has 1 atom stereocenters. The fraction of sp³-hybridized carbons (Fsp3) is 0.500. The highest BCUT2D eigenvalue weighted by Gasteiger charge is 2.27. The SMILES string of the molecule is CC(C)OC(=O)Nc1ccc(-c2nnc(C3=CCC(N)CC3)s2)c(S(=O)(=O)NC(C)(C)C)c1. The number of allylic oxidation sites excluding steroid dienone is 1. The molecule has 0 spiro atoms. The molecule has 0 fully saturated rings. The third-order valence-electron chi connectivity index (χ3n) is 4.68. The lowest BCUT2D eigenvalue weighted by Crippen LogP contribution is -2.40. The van der Waals surface area contributed by atoms with E-state index in [9.17, 15) is 13.2 Å². The van der Waals surface area contributed by atoms with Crippen LogP contribution in [0.4, 0.5) is 10.5 Å². The molecule has 1 aromatic heterocycles. The third kappa shape index (κ3) is 6.83. The van der Waals surface area contributed by atoms with E-state index in [0.717, 1.165) is 29.8 Å². The lowest BCUT2D eigenvalue weighted by Gasteiger charge is -2.21.